The smallest absolute Gasteiger partial charge is 0.329 e. The maximum Gasteiger partial charge on any atom is 0.329 e. The summed E-state index contributed by atoms with van der Waals surface area (Å²) in [6.45, 7) is 11.9. The molecule has 0 aliphatic carbocycles. The molecule has 180 valence electrons. The lowest BCUT2D eigenvalue weighted by molar-refractivity contribution is -0.156. The highest BCUT2D eigenvalue weighted by molar-refractivity contribution is 5.82. The molecule has 1 fully saturated rings. The maximum atomic E-state index is 12.8. The molecule has 0 amide bonds. The van der Waals surface area contributed by atoms with Crippen LogP contribution >= 0.6 is 0 Å². The van der Waals surface area contributed by atoms with Gasteiger partial charge in [0, 0.05) is 30.5 Å². The first-order chi connectivity index (χ1) is 16.2. The topological polar surface area (TPSA) is 87.3 Å². The van der Waals surface area contributed by atoms with Crippen LogP contribution in [-0.2, 0) is 16.1 Å². The van der Waals surface area contributed by atoms with Gasteiger partial charge >= 0.3 is 5.97 Å². The molecule has 3 aromatic rings. The number of carbonyl (C=O) groups is 1. The highest BCUT2D eigenvalue weighted by Crippen LogP contribution is 2.38. The Hall–Kier alpha value is -3.36. The quantitative estimate of drug-likeness (QED) is 0.538. The van der Waals surface area contributed by atoms with E-state index in [4.69, 9.17) is 14.5 Å². The van der Waals surface area contributed by atoms with Crippen molar-refractivity contribution in [2.24, 2.45) is 0 Å². The number of benzene rings is 1. The van der Waals surface area contributed by atoms with Gasteiger partial charge in [-0.1, -0.05) is 0 Å². The Morgan fingerprint density at radius 2 is 2.03 bits per heavy atom. The maximum absolute atomic E-state index is 12.8. The number of aromatic nitrogens is 5. The summed E-state index contributed by atoms with van der Waals surface area (Å²) in [4.78, 5) is 24.3. The molecule has 9 nitrogen and oxygen atoms in total. The summed E-state index contributed by atoms with van der Waals surface area (Å²) in [5.74, 6) is 2.20. The van der Waals surface area contributed by atoms with Crippen LogP contribution in [0.15, 0.2) is 30.7 Å². The lowest BCUT2D eigenvalue weighted by Gasteiger charge is -2.29. The summed E-state index contributed by atoms with van der Waals surface area (Å²) in [6.07, 6.45) is 5.33. The van der Waals surface area contributed by atoms with Crippen LogP contribution in [0.3, 0.4) is 0 Å². The number of imidazole rings is 1. The van der Waals surface area contributed by atoms with E-state index in [9.17, 15) is 4.79 Å². The summed E-state index contributed by atoms with van der Waals surface area (Å²) in [6, 6.07) is 6.02. The Bertz CT molecular complexity index is 1210. The largest absolute Gasteiger partial charge is 0.491 e. The van der Waals surface area contributed by atoms with Crippen molar-refractivity contribution in [3.8, 4) is 28.7 Å². The van der Waals surface area contributed by atoms with E-state index < -0.39 is 5.60 Å². The van der Waals surface area contributed by atoms with Gasteiger partial charge in [-0.2, -0.15) is 5.10 Å². The SMILES string of the molecule is CC(C)n1ncnc1-c1cn2c(n1)-c1ccc(N3CCC[C@H]3C(=O)OC(C)(C)C)cc1OCC2. The van der Waals surface area contributed by atoms with Crippen molar-refractivity contribution in [3.05, 3.63) is 30.7 Å². The van der Waals surface area contributed by atoms with Crippen LogP contribution < -0.4 is 9.64 Å². The third-order valence-electron chi connectivity index (χ3n) is 6.13. The number of carbonyl (C=O) groups excluding carboxylic acids is 1. The molecule has 1 aromatic carbocycles. The monoisotopic (exact) mass is 464 g/mol. The molecule has 4 heterocycles. The minimum atomic E-state index is -0.503. The minimum absolute atomic E-state index is 0.171. The van der Waals surface area contributed by atoms with Crippen LogP contribution in [0.4, 0.5) is 5.69 Å². The molecular weight excluding hydrogens is 432 g/mol. The summed E-state index contributed by atoms with van der Waals surface area (Å²) in [5.41, 5.74) is 2.18. The van der Waals surface area contributed by atoms with Gasteiger partial charge in [-0.05, 0) is 59.6 Å². The fourth-order valence-electron chi connectivity index (χ4n) is 4.66. The standard InChI is InChI=1S/C25H32N6O3/c1-16(2)31-23(26-15-27-31)19-14-29-11-12-33-21-13-17(8-9-18(21)22(29)28-19)30-10-6-7-20(30)24(32)34-25(3,4)5/h8-9,13-16,20H,6-7,10-12H2,1-5H3/t20-/m0/s1. The number of nitrogens with zero attached hydrogens (tertiary/aromatic N) is 6. The lowest BCUT2D eigenvalue weighted by atomic mass is 10.1. The number of hydrogen-bond donors (Lipinski definition) is 0. The highest BCUT2D eigenvalue weighted by atomic mass is 16.6. The average molecular weight is 465 g/mol. The van der Waals surface area contributed by atoms with Crippen LogP contribution in [0.25, 0.3) is 22.9 Å². The molecule has 0 saturated carbocycles. The molecule has 9 heteroatoms. The van der Waals surface area contributed by atoms with Crippen molar-refractivity contribution in [2.45, 2.75) is 71.7 Å². The van der Waals surface area contributed by atoms with Gasteiger partial charge < -0.3 is 18.9 Å². The first kappa shape index (κ1) is 22.4. The van der Waals surface area contributed by atoms with Gasteiger partial charge in [0.2, 0.25) is 0 Å². The van der Waals surface area contributed by atoms with Gasteiger partial charge in [-0.3, -0.25) is 0 Å². The fraction of sp³-hybridized carbons (Fsp3) is 0.520. The summed E-state index contributed by atoms with van der Waals surface area (Å²) < 4.78 is 15.8. The van der Waals surface area contributed by atoms with Crippen LogP contribution in [0.1, 0.15) is 53.5 Å². The molecule has 0 unspecified atom stereocenters. The molecule has 0 radical (unpaired) electrons. The Labute approximate surface area is 199 Å². The zero-order valence-corrected chi connectivity index (χ0v) is 20.5. The first-order valence-electron chi connectivity index (χ1n) is 11.9. The van der Waals surface area contributed by atoms with Gasteiger partial charge in [-0.15, -0.1) is 0 Å². The number of ether oxygens (including phenoxy) is 2. The number of rotatable bonds is 4. The number of anilines is 1. The molecule has 0 bridgehead atoms. The van der Waals surface area contributed by atoms with E-state index >= 15 is 0 Å². The van der Waals surface area contributed by atoms with Crippen LogP contribution in [0, 0.1) is 0 Å². The van der Waals surface area contributed by atoms with E-state index in [1.54, 1.807) is 6.33 Å². The summed E-state index contributed by atoms with van der Waals surface area (Å²) >= 11 is 0. The van der Waals surface area contributed by atoms with Gasteiger partial charge in [-0.25, -0.2) is 19.4 Å². The minimum Gasteiger partial charge on any atom is -0.491 e. The Morgan fingerprint density at radius 1 is 1.21 bits per heavy atom. The third-order valence-corrected chi connectivity index (χ3v) is 6.13. The van der Waals surface area contributed by atoms with Crippen molar-refractivity contribution >= 4 is 11.7 Å². The molecule has 2 aliphatic heterocycles. The van der Waals surface area contributed by atoms with Crippen molar-refractivity contribution in [1.82, 2.24) is 24.3 Å². The van der Waals surface area contributed by atoms with Crippen LogP contribution in [0.5, 0.6) is 5.75 Å². The van der Waals surface area contributed by atoms with Gasteiger partial charge in [0.15, 0.2) is 5.82 Å². The molecule has 2 aliphatic rings. The van der Waals surface area contributed by atoms with Gasteiger partial charge in [0.1, 0.15) is 41.8 Å². The van der Waals surface area contributed by atoms with E-state index in [1.165, 1.54) is 0 Å². The molecular formula is C25H32N6O3. The van der Waals surface area contributed by atoms with E-state index in [1.807, 2.05) is 49.8 Å². The second-order valence-corrected chi connectivity index (χ2v) is 10.2. The van der Waals surface area contributed by atoms with E-state index in [-0.39, 0.29) is 18.1 Å². The van der Waals surface area contributed by atoms with E-state index in [0.29, 0.717) is 13.2 Å². The average Bonchev–Trinajstić information content (AvgIpc) is 3.50. The number of fused-ring (bicyclic) bond motifs is 3. The molecule has 0 spiro atoms. The Balaban J connectivity index is 1.47. The zero-order valence-electron chi connectivity index (χ0n) is 20.5. The normalized spacial score (nSPS) is 17.8. The predicted molar refractivity (Wildman–Crippen MR) is 129 cm³/mol. The number of esters is 1. The molecule has 0 N–H and O–H groups in total. The fourth-order valence-corrected chi connectivity index (χ4v) is 4.66. The Morgan fingerprint density at radius 3 is 2.79 bits per heavy atom. The lowest BCUT2D eigenvalue weighted by Crippen LogP contribution is -2.40. The third kappa shape index (κ3) is 4.15. The molecule has 1 atom stereocenters. The van der Waals surface area contributed by atoms with Crippen molar-refractivity contribution in [2.75, 3.05) is 18.1 Å². The first-order valence-corrected chi connectivity index (χ1v) is 11.9. The second-order valence-electron chi connectivity index (χ2n) is 10.2. The molecule has 2 aromatic heterocycles. The number of hydrogen-bond acceptors (Lipinski definition) is 7. The molecule has 34 heavy (non-hydrogen) atoms. The van der Waals surface area contributed by atoms with E-state index in [2.05, 4.69) is 33.4 Å². The summed E-state index contributed by atoms with van der Waals surface area (Å²) in [7, 11) is 0. The van der Waals surface area contributed by atoms with Crippen molar-refractivity contribution < 1.29 is 14.3 Å². The van der Waals surface area contributed by atoms with E-state index in [0.717, 1.165) is 53.7 Å². The molecule has 5 rings (SSSR count). The molecule has 1 saturated heterocycles. The van der Waals surface area contributed by atoms with Crippen molar-refractivity contribution in [1.29, 1.82) is 0 Å². The van der Waals surface area contributed by atoms with Crippen LogP contribution in [0.2, 0.25) is 0 Å². The predicted octanol–water partition coefficient (Wildman–Crippen LogP) is 4.09. The van der Waals surface area contributed by atoms with Crippen molar-refractivity contribution in [3.63, 3.8) is 0 Å². The highest BCUT2D eigenvalue weighted by Gasteiger charge is 2.35. The second kappa shape index (κ2) is 8.45. The van der Waals surface area contributed by atoms with Crippen LogP contribution in [-0.4, -0.2) is 55.1 Å². The Kier molecular flexibility index (Phi) is 5.58. The van der Waals surface area contributed by atoms with Gasteiger partial charge in [0.25, 0.3) is 0 Å². The zero-order chi connectivity index (χ0) is 24.0. The van der Waals surface area contributed by atoms with Gasteiger partial charge in [0.05, 0.1) is 12.1 Å². The summed E-state index contributed by atoms with van der Waals surface area (Å²) in [5, 5.41) is 4.35.